The quantitative estimate of drug-likeness (QED) is 0.615. The van der Waals surface area contributed by atoms with E-state index >= 15 is 0 Å². The molecule has 0 unspecified atom stereocenters. The van der Waals surface area contributed by atoms with Crippen LogP contribution in [0, 0.1) is 10.1 Å². The van der Waals surface area contributed by atoms with Crippen LogP contribution in [0.3, 0.4) is 0 Å². The van der Waals surface area contributed by atoms with Gasteiger partial charge >= 0.3 is 0 Å². The molecule has 1 aliphatic rings. The molecule has 0 saturated carbocycles. The number of halogens is 2. The Bertz CT molecular complexity index is 485. The van der Waals surface area contributed by atoms with E-state index in [-0.39, 0.29) is 24.1 Å². The summed E-state index contributed by atoms with van der Waals surface area (Å²) in [5, 5.41) is 13.2. The highest BCUT2D eigenvalue weighted by molar-refractivity contribution is 7.15. The van der Waals surface area contributed by atoms with Gasteiger partial charge in [0.25, 0.3) is 5.96 Å². The van der Waals surface area contributed by atoms with Gasteiger partial charge in [0.1, 0.15) is 18.6 Å². The first-order valence-corrected chi connectivity index (χ1v) is 6.12. The first kappa shape index (κ1) is 15.5. The minimum absolute atomic E-state index is 0. The van der Waals surface area contributed by atoms with Crippen molar-refractivity contribution < 1.29 is 14.5 Å². The van der Waals surface area contributed by atoms with Crippen molar-refractivity contribution in [2.75, 3.05) is 20.5 Å². The SMILES string of the molecule is CN1COCN(Cc2cnc(Cl)s2)C1=N[N+](=O)[O-].F. The van der Waals surface area contributed by atoms with E-state index in [1.807, 2.05) is 0 Å². The number of guanidine groups is 1. The standard InChI is InChI=1S/C8H10ClN5O3S.FH/c1-12-4-17-5-13(8(12)11-14(15)16)3-6-2-10-7(9)18-6;/h2H,3-5H2,1H3;1H. The number of hydrogen-bond donors (Lipinski definition) is 0. The molecule has 2 heterocycles. The van der Waals surface area contributed by atoms with Crippen LogP contribution in [0.5, 0.6) is 0 Å². The molecular weight excluding hydrogens is 301 g/mol. The van der Waals surface area contributed by atoms with Gasteiger partial charge in [-0.2, -0.15) is 0 Å². The smallest absolute Gasteiger partial charge is 0.277 e. The van der Waals surface area contributed by atoms with Crippen LogP contribution in [0.4, 0.5) is 4.70 Å². The summed E-state index contributed by atoms with van der Waals surface area (Å²) in [6.07, 6.45) is 1.63. The van der Waals surface area contributed by atoms with E-state index < -0.39 is 5.03 Å². The third-order valence-electron chi connectivity index (χ3n) is 2.20. The molecule has 1 aromatic rings. The predicted molar refractivity (Wildman–Crippen MR) is 68.2 cm³/mol. The molecule has 2 rings (SSSR count). The van der Waals surface area contributed by atoms with Crippen LogP contribution in [0.1, 0.15) is 4.88 Å². The fourth-order valence-electron chi connectivity index (χ4n) is 1.52. The summed E-state index contributed by atoms with van der Waals surface area (Å²) in [6.45, 7) is 0.931. The van der Waals surface area contributed by atoms with E-state index in [0.29, 0.717) is 11.0 Å². The molecule has 1 aliphatic heterocycles. The monoisotopic (exact) mass is 311 g/mol. The van der Waals surface area contributed by atoms with Crippen LogP contribution in [0.25, 0.3) is 0 Å². The molecule has 0 radical (unpaired) electrons. The summed E-state index contributed by atoms with van der Waals surface area (Å²) >= 11 is 7.05. The summed E-state index contributed by atoms with van der Waals surface area (Å²) in [6, 6.07) is 0. The van der Waals surface area contributed by atoms with E-state index in [4.69, 9.17) is 16.3 Å². The van der Waals surface area contributed by atoms with E-state index in [1.165, 1.54) is 11.3 Å². The predicted octanol–water partition coefficient (Wildman–Crippen LogP) is 1.18. The van der Waals surface area contributed by atoms with Gasteiger partial charge in [-0.05, 0) is 0 Å². The molecule has 0 atom stereocenters. The van der Waals surface area contributed by atoms with E-state index in [1.54, 1.807) is 23.0 Å². The lowest BCUT2D eigenvalue weighted by Crippen LogP contribution is -2.49. The second-order valence-corrected chi connectivity index (χ2v) is 5.27. The van der Waals surface area contributed by atoms with Gasteiger partial charge in [-0.15, -0.1) is 11.3 Å². The molecule has 0 aromatic carbocycles. The van der Waals surface area contributed by atoms with E-state index in [0.717, 1.165) is 4.88 Å². The summed E-state index contributed by atoms with van der Waals surface area (Å²) in [5.41, 5.74) is 0. The average Bonchev–Trinajstić information content (AvgIpc) is 2.69. The second-order valence-electron chi connectivity index (χ2n) is 3.58. The molecule has 0 aliphatic carbocycles. The van der Waals surface area contributed by atoms with Crippen LogP contribution < -0.4 is 0 Å². The van der Waals surface area contributed by atoms with Crippen LogP contribution in [-0.4, -0.2) is 46.3 Å². The molecule has 19 heavy (non-hydrogen) atoms. The molecule has 8 nitrogen and oxygen atoms in total. The molecule has 1 fully saturated rings. The van der Waals surface area contributed by atoms with Gasteiger partial charge in [0.05, 0.1) is 6.54 Å². The van der Waals surface area contributed by atoms with Crippen molar-refractivity contribution in [2.45, 2.75) is 6.54 Å². The Balaban J connectivity index is 0.00000180. The number of rotatable bonds is 3. The van der Waals surface area contributed by atoms with Crippen molar-refractivity contribution in [1.29, 1.82) is 0 Å². The Morgan fingerprint density at radius 2 is 2.42 bits per heavy atom. The fraction of sp³-hybridized carbons (Fsp3) is 0.500. The summed E-state index contributed by atoms with van der Waals surface area (Å²) in [4.78, 5) is 18.5. The van der Waals surface area contributed by atoms with Crippen molar-refractivity contribution in [2.24, 2.45) is 5.10 Å². The van der Waals surface area contributed by atoms with Crippen LogP contribution in [0.15, 0.2) is 11.3 Å². The molecule has 106 valence electrons. The average molecular weight is 312 g/mol. The number of hydrazone groups is 1. The van der Waals surface area contributed by atoms with Crippen molar-refractivity contribution in [1.82, 2.24) is 14.8 Å². The molecule has 11 heteroatoms. The normalized spacial score (nSPS) is 17.5. The van der Waals surface area contributed by atoms with Gasteiger partial charge in [0.2, 0.25) is 0 Å². The Morgan fingerprint density at radius 1 is 1.68 bits per heavy atom. The van der Waals surface area contributed by atoms with Crippen molar-refractivity contribution >= 4 is 28.9 Å². The summed E-state index contributed by atoms with van der Waals surface area (Å²) in [5.74, 6) is 0.260. The minimum atomic E-state index is -0.718. The molecule has 0 bridgehead atoms. The molecule has 0 spiro atoms. The lowest BCUT2D eigenvalue weighted by molar-refractivity contribution is -0.486. The van der Waals surface area contributed by atoms with Gasteiger partial charge in [-0.25, -0.2) is 15.1 Å². The van der Waals surface area contributed by atoms with E-state index in [9.17, 15) is 10.1 Å². The maximum Gasteiger partial charge on any atom is 0.277 e. The highest BCUT2D eigenvalue weighted by Crippen LogP contribution is 2.20. The zero-order valence-corrected chi connectivity index (χ0v) is 11.4. The fourth-order valence-corrected chi connectivity index (χ4v) is 2.51. The molecule has 0 amide bonds. The lowest BCUT2D eigenvalue weighted by atomic mass is 10.5. The minimum Gasteiger partial charge on any atom is -0.341 e. The maximum absolute atomic E-state index is 10.5. The number of aromatic nitrogens is 1. The Labute approximate surface area is 116 Å². The van der Waals surface area contributed by atoms with Crippen molar-refractivity contribution in [3.05, 3.63) is 25.7 Å². The topological polar surface area (TPSA) is 84.1 Å². The lowest BCUT2D eigenvalue weighted by Gasteiger charge is -2.34. The Morgan fingerprint density at radius 3 is 3.00 bits per heavy atom. The first-order chi connectivity index (χ1) is 8.56. The summed E-state index contributed by atoms with van der Waals surface area (Å²) < 4.78 is 5.72. The number of nitro groups is 1. The number of ether oxygens (including phenoxy) is 1. The zero-order chi connectivity index (χ0) is 13.1. The van der Waals surface area contributed by atoms with Crippen LogP contribution in [0.2, 0.25) is 4.47 Å². The number of nitrogens with zero attached hydrogens (tertiary/aromatic N) is 5. The highest BCUT2D eigenvalue weighted by atomic mass is 35.5. The Kier molecular flexibility index (Phi) is 5.39. The van der Waals surface area contributed by atoms with Crippen LogP contribution in [-0.2, 0) is 11.3 Å². The van der Waals surface area contributed by atoms with Gasteiger partial charge in [-0.3, -0.25) is 4.70 Å². The number of hydrogen-bond acceptors (Lipinski definition) is 5. The third-order valence-corrected chi connectivity index (χ3v) is 3.30. The summed E-state index contributed by atoms with van der Waals surface area (Å²) in [7, 11) is 1.67. The number of thiazole rings is 1. The first-order valence-electron chi connectivity index (χ1n) is 4.93. The maximum atomic E-state index is 10.5. The largest absolute Gasteiger partial charge is 0.341 e. The van der Waals surface area contributed by atoms with Crippen molar-refractivity contribution in [3.63, 3.8) is 0 Å². The third kappa shape index (κ3) is 3.98. The van der Waals surface area contributed by atoms with Gasteiger partial charge in [0.15, 0.2) is 9.50 Å². The highest BCUT2D eigenvalue weighted by Gasteiger charge is 2.25. The molecule has 0 N–H and O–H groups in total. The van der Waals surface area contributed by atoms with Gasteiger partial charge in [-0.1, -0.05) is 11.6 Å². The molecule has 1 aromatic heterocycles. The zero-order valence-electron chi connectivity index (χ0n) is 9.85. The van der Waals surface area contributed by atoms with Gasteiger partial charge < -0.3 is 14.5 Å². The van der Waals surface area contributed by atoms with Gasteiger partial charge in [0, 0.05) is 18.1 Å². The second kappa shape index (κ2) is 6.59. The van der Waals surface area contributed by atoms with E-state index in [2.05, 4.69) is 10.1 Å². The molecule has 1 saturated heterocycles. The molecular formula is C8H11ClFN5O3S. The van der Waals surface area contributed by atoms with Crippen LogP contribution >= 0.6 is 22.9 Å². The van der Waals surface area contributed by atoms with Crippen molar-refractivity contribution in [3.8, 4) is 0 Å². The Hall–Kier alpha value is -1.52.